The van der Waals surface area contributed by atoms with Crippen LogP contribution in [0.5, 0.6) is 0 Å². The molecule has 0 amide bonds. The zero-order chi connectivity index (χ0) is 21.8. The van der Waals surface area contributed by atoms with Crippen molar-refractivity contribution in [3.8, 4) is 5.69 Å². The number of allylic oxidation sites excluding steroid dienone is 4. The number of hydrogen-bond acceptors (Lipinski definition) is 4. The van der Waals surface area contributed by atoms with Gasteiger partial charge in [-0.05, 0) is 42.8 Å². The number of nitrogens with zero attached hydrogens (tertiary/aromatic N) is 4. The highest BCUT2D eigenvalue weighted by Crippen LogP contribution is 2.28. The highest BCUT2D eigenvalue weighted by Gasteiger charge is 2.18. The lowest BCUT2D eigenvalue weighted by Crippen LogP contribution is -2.14. The Morgan fingerprint density at radius 1 is 1.30 bits per heavy atom. The third-order valence-corrected chi connectivity index (χ3v) is 4.67. The predicted octanol–water partition coefficient (Wildman–Crippen LogP) is 2.62. The van der Waals surface area contributed by atoms with Crippen LogP contribution in [0.2, 0.25) is 5.02 Å². The first-order chi connectivity index (χ1) is 14.3. The van der Waals surface area contributed by atoms with E-state index in [1.807, 2.05) is 19.1 Å². The van der Waals surface area contributed by atoms with Crippen LogP contribution in [0.15, 0.2) is 53.5 Å². The predicted molar refractivity (Wildman–Crippen MR) is 113 cm³/mol. The maximum Gasteiger partial charge on any atom is 0.674 e. The first kappa shape index (κ1) is 21.4. The number of aromatic nitrogens is 3. The first-order valence-corrected chi connectivity index (χ1v) is 9.15. The van der Waals surface area contributed by atoms with Crippen LogP contribution < -0.4 is 5.56 Å². The minimum Gasteiger partial charge on any atom is -0.398 e. The third-order valence-electron chi connectivity index (χ3n) is 4.41. The lowest BCUT2D eigenvalue weighted by Gasteiger charge is -2.09. The molecule has 0 saturated carbocycles. The fourth-order valence-electron chi connectivity index (χ4n) is 3.09. The summed E-state index contributed by atoms with van der Waals surface area (Å²) in [5.74, 6) is 0. The minimum atomic E-state index is -2.67. The second-order valence-corrected chi connectivity index (χ2v) is 6.77. The van der Waals surface area contributed by atoms with Crippen molar-refractivity contribution in [1.82, 2.24) is 14.8 Å². The Bertz CT molecular complexity index is 1250. The number of aromatic amines is 1. The minimum absolute atomic E-state index is 0.172. The molecule has 1 aliphatic rings. The molecule has 3 aromatic rings. The first-order valence-electron chi connectivity index (χ1n) is 8.78. The maximum atomic E-state index is 12.8. The third kappa shape index (κ3) is 4.47. The maximum absolute atomic E-state index is 12.8. The van der Waals surface area contributed by atoms with Gasteiger partial charge in [0.25, 0.3) is 11.3 Å². The fraction of sp³-hybridized carbons (Fsp3) is 0.105. The van der Waals surface area contributed by atoms with Crippen LogP contribution in [0.1, 0.15) is 17.7 Å². The van der Waals surface area contributed by atoms with E-state index in [0.717, 1.165) is 22.3 Å². The molecule has 0 atom stereocenters. The lowest BCUT2D eigenvalue weighted by atomic mass is 9.96. The molecule has 1 aromatic carbocycles. The van der Waals surface area contributed by atoms with E-state index in [1.54, 1.807) is 36.5 Å². The molecule has 0 saturated heterocycles. The molecule has 8 nitrogen and oxygen atoms in total. The van der Waals surface area contributed by atoms with E-state index in [4.69, 9.17) is 27.2 Å². The van der Waals surface area contributed by atoms with Crippen molar-refractivity contribution in [3.63, 3.8) is 0 Å². The molecule has 0 bridgehead atoms. The van der Waals surface area contributed by atoms with Crippen LogP contribution in [-0.2, 0) is 0 Å². The smallest absolute Gasteiger partial charge is 0.398 e. The van der Waals surface area contributed by atoms with Gasteiger partial charge in [0.15, 0.2) is 0 Å². The van der Waals surface area contributed by atoms with Gasteiger partial charge in [-0.1, -0.05) is 17.7 Å². The second kappa shape index (κ2) is 9.02. The van der Waals surface area contributed by atoms with Crippen molar-refractivity contribution in [3.05, 3.63) is 80.9 Å². The lowest BCUT2D eigenvalue weighted by molar-refractivity contribution is -0.00535. The van der Waals surface area contributed by atoms with E-state index in [-0.39, 0.29) is 5.56 Å². The molecule has 0 spiro atoms. The molecule has 0 aliphatic heterocycles. The van der Waals surface area contributed by atoms with E-state index in [2.05, 4.69) is 14.9 Å². The van der Waals surface area contributed by atoms with Crippen LogP contribution in [0.25, 0.3) is 27.7 Å². The van der Waals surface area contributed by atoms with Crippen molar-refractivity contribution in [2.24, 2.45) is 0 Å². The highest BCUT2D eigenvalue weighted by molar-refractivity contribution is 6.31. The van der Waals surface area contributed by atoms with Gasteiger partial charge in [-0.2, -0.15) is 4.79 Å². The van der Waals surface area contributed by atoms with Crippen LogP contribution in [0.3, 0.4) is 0 Å². The molecule has 1 aliphatic carbocycles. The van der Waals surface area contributed by atoms with Crippen molar-refractivity contribution in [1.29, 1.82) is 0 Å². The summed E-state index contributed by atoms with van der Waals surface area (Å²) in [6.45, 7) is 1.90. The molecular weight excluding hydrogens is 412 g/mol. The normalized spacial score (nSPS) is 12.8. The van der Waals surface area contributed by atoms with Gasteiger partial charge in [-0.15, -0.1) is 0 Å². The Morgan fingerprint density at radius 2 is 1.97 bits per heavy atom. The fourth-order valence-corrected chi connectivity index (χ4v) is 3.21. The number of nitrogens with one attached hydrogen (secondary N) is 1. The summed E-state index contributed by atoms with van der Waals surface area (Å²) in [4.78, 5) is 20.4. The highest BCUT2D eigenvalue weighted by atomic mass is 35.5. The SMILES string of the molecule is Cc1ncc2c(=O)n(-c3ccc(Cl)cc3)[nH]c2c1C1=CCC(=[N+]=[N-])C=C1.OB(O)F. The second-order valence-electron chi connectivity index (χ2n) is 6.33. The molecule has 2 aromatic heterocycles. The number of H-pyrrole nitrogens is 1. The van der Waals surface area contributed by atoms with Crippen molar-refractivity contribution in [2.45, 2.75) is 13.3 Å². The zero-order valence-electron chi connectivity index (χ0n) is 15.8. The number of halogens is 2. The average molecular weight is 428 g/mol. The molecule has 30 heavy (non-hydrogen) atoms. The molecule has 3 N–H and O–H groups in total. The summed E-state index contributed by atoms with van der Waals surface area (Å²) in [6, 6.07) is 7.04. The summed E-state index contributed by atoms with van der Waals surface area (Å²) in [7, 11) is -2.67. The summed E-state index contributed by atoms with van der Waals surface area (Å²) in [5, 5.41) is 18.2. The number of hydrogen-bond donors (Lipinski definition) is 3. The van der Waals surface area contributed by atoms with Crippen LogP contribution in [0.4, 0.5) is 4.32 Å². The van der Waals surface area contributed by atoms with Gasteiger partial charge in [0.05, 0.1) is 23.0 Å². The van der Waals surface area contributed by atoms with Gasteiger partial charge in [0.2, 0.25) is 0 Å². The summed E-state index contributed by atoms with van der Waals surface area (Å²) < 4.78 is 11.6. The van der Waals surface area contributed by atoms with E-state index >= 15 is 0 Å². The molecule has 0 unspecified atom stereocenters. The molecule has 0 fully saturated rings. The van der Waals surface area contributed by atoms with Crippen LogP contribution in [-0.4, -0.2) is 42.7 Å². The number of benzene rings is 1. The number of pyridine rings is 1. The number of fused-ring (bicyclic) bond motifs is 1. The Labute approximate surface area is 175 Å². The Morgan fingerprint density at radius 3 is 2.53 bits per heavy atom. The van der Waals surface area contributed by atoms with Gasteiger partial charge < -0.3 is 15.6 Å². The largest absolute Gasteiger partial charge is 0.674 e. The molecule has 11 heteroatoms. The van der Waals surface area contributed by atoms with Gasteiger partial charge in [0.1, 0.15) is 0 Å². The summed E-state index contributed by atoms with van der Waals surface area (Å²) in [6.07, 6.45) is 7.67. The Kier molecular flexibility index (Phi) is 6.44. The number of rotatable bonds is 2. The average Bonchev–Trinajstić information content (AvgIpc) is 3.05. The molecular formula is C19H16BClFN5O3. The van der Waals surface area contributed by atoms with E-state index in [1.165, 1.54) is 4.68 Å². The zero-order valence-corrected chi connectivity index (χ0v) is 16.5. The van der Waals surface area contributed by atoms with Crippen LogP contribution >= 0.6 is 11.6 Å². The van der Waals surface area contributed by atoms with Gasteiger partial charge >= 0.3 is 7.40 Å². The van der Waals surface area contributed by atoms with Gasteiger partial charge in [-0.25, -0.2) is 4.68 Å². The topological polar surface area (TPSA) is 128 Å². The van der Waals surface area contributed by atoms with Crippen molar-refractivity contribution in [2.75, 3.05) is 0 Å². The van der Waals surface area contributed by atoms with E-state index < -0.39 is 7.40 Å². The molecule has 0 radical (unpaired) electrons. The van der Waals surface area contributed by atoms with Gasteiger partial charge in [-0.3, -0.25) is 19.2 Å². The Balaban J connectivity index is 0.000000589. The quantitative estimate of drug-likeness (QED) is 0.330. The summed E-state index contributed by atoms with van der Waals surface area (Å²) in [5.41, 5.74) is 13.3. The van der Waals surface area contributed by atoms with Gasteiger partial charge in [0, 0.05) is 28.6 Å². The van der Waals surface area contributed by atoms with E-state index in [0.29, 0.717) is 28.2 Å². The van der Waals surface area contributed by atoms with Crippen molar-refractivity contribution < 1.29 is 19.2 Å². The Hall–Kier alpha value is -3.30. The monoisotopic (exact) mass is 427 g/mol. The molecule has 2 heterocycles. The van der Waals surface area contributed by atoms with E-state index in [9.17, 15) is 9.11 Å². The number of aryl methyl sites for hydroxylation is 1. The van der Waals surface area contributed by atoms with Crippen LogP contribution in [0, 0.1) is 6.92 Å². The molecule has 4 rings (SSSR count). The van der Waals surface area contributed by atoms with Crippen molar-refractivity contribution >= 4 is 41.2 Å². The standard InChI is InChI=1S/C19H14ClN5O.BFH2O2/c1-11-17(12-2-6-14(23-21)7-3-12)18-16(10-22-11)19(26)25(24-18)15-8-4-13(20)5-9-15;2-1(3)4/h2-6,8-10,24H,7H2,1H3;3-4H. The summed E-state index contributed by atoms with van der Waals surface area (Å²) >= 11 is 5.94. The molecule has 152 valence electrons.